The Labute approximate surface area is 103 Å². The van der Waals surface area contributed by atoms with Crippen molar-refractivity contribution < 1.29 is 13.2 Å². The van der Waals surface area contributed by atoms with E-state index in [2.05, 4.69) is 0 Å². The number of alkyl halides is 3. The number of hydrogen-bond acceptors (Lipinski definition) is 1. The van der Waals surface area contributed by atoms with Gasteiger partial charge in [0.2, 0.25) is 0 Å². The van der Waals surface area contributed by atoms with Crippen LogP contribution in [0.4, 0.5) is 13.2 Å². The fourth-order valence-corrected chi connectivity index (χ4v) is 2.48. The fourth-order valence-electron chi connectivity index (χ4n) is 2.20. The minimum atomic E-state index is -4.40. The Hall–Kier alpha value is -0.740. The van der Waals surface area contributed by atoms with Crippen molar-refractivity contribution >= 4 is 11.6 Å². The Kier molecular flexibility index (Phi) is 2.91. The number of rotatable bonds is 2. The van der Waals surface area contributed by atoms with Gasteiger partial charge in [0.05, 0.1) is 10.6 Å². The third-order valence-electron chi connectivity index (χ3n) is 3.51. The van der Waals surface area contributed by atoms with Gasteiger partial charge < -0.3 is 5.73 Å². The maximum absolute atomic E-state index is 12.5. The quantitative estimate of drug-likeness (QED) is 0.864. The molecule has 1 saturated carbocycles. The molecule has 1 aliphatic rings. The lowest BCUT2D eigenvalue weighted by Gasteiger charge is -2.21. The Morgan fingerprint density at radius 2 is 1.94 bits per heavy atom. The van der Waals surface area contributed by atoms with Crippen LogP contribution in [0.25, 0.3) is 0 Å². The molecule has 2 rings (SSSR count). The van der Waals surface area contributed by atoms with E-state index in [9.17, 15) is 13.2 Å². The van der Waals surface area contributed by atoms with Crippen molar-refractivity contribution in [2.75, 3.05) is 0 Å². The van der Waals surface area contributed by atoms with Crippen LogP contribution in [0.15, 0.2) is 18.2 Å². The second-order valence-electron chi connectivity index (χ2n) is 4.64. The molecule has 94 valence electrons. The van der Waals surface area contributed by atoms with E-state index in [1.54, 1.807) is 0 Å². The third-order valence-corrected chi connectivity index (χ3v) is 3.82. The molecule has 5 heteroatoms. The van der Waals surface area contributed by atoms with Crippen LogP contribution < -0.4 is 5.73 Å². The SMILES string of the molecule is CC(N)C1(c2ccc(C(F)(F)F)c(Cl)c2)CC1. The molecule has 0 amide bonds. The van der Waals surface area contributed by atoms with E-state index >= 15 is 0 Å². The summed E-state index contributed by atoms with van der Waals surface area (Å²) >= 11 is 5.69. The van der Waals surface area contributed by atoms with Crippen molar-refractivity contribution in [2.45, 2.75) is 37.4 Å². The number of benzene rings is 1. The zero-order chi connectivity index (χ0) is 12.8. The Balaban J connectivity index is 2.39. The van der Waals surface area contributed by atoms with Gasteiger partial charge in [0.25, 0.3) is 0 Å². The minimum Gasteiger partial charge on any atom is -0.327 e. The summed E-state index contributed by atoms with van der Waals surface area (Å²) in [4.78, 5) is 0. The number of hydrogen-bond donors (Lipinski definition) is 1. The second-order valence-corrected chi connectivity index (χ2v) is 5.04. The maximum atomic E-state index is 12.5. The summed E-state index contributed by atoms with van der Waals surface area (Å²) in [6.45, 7) is 1.87. The summed E-state index contributed by atoms with van der Waals surface area (Å²) in [6, 6.07) is 3.86. The van der Waals surface area contributed by atoms with Gasteiger partial charge in [-0.2, -0.15) is 13.2 Å². The first-order valence-electron chi connectivity index (χ1n) is 5.40. The molecular weight excluding hydrogens is 251 g/mol. The first kappa shape index (κ1) is 12.7. The summed E-state index contributed by atoms with van der Waals surface area (Å²) in [5.74, 6) is 0. The van der Waals surface area contributed by atoms with Crippen LogP contribution in [-0.2, 0) is 11.6 Å². The maximum Gasteiger partial charge on any atom is 0.417 e. The van der Waals surface area contributed by atoms with Gasteiger partial charge in [-0.3, -0.25) is 0 Å². The Morgan fingerprint density at radius 1 is 1.35 bits per heavy atom. The van der Waals surface area contributed by atoms with Crippen molar-refractivity contribution in [3.05, 3.63) is 34.3 Å². The van der Waals surface area contributed by atoms with E-state index in [0.717, 1.165) is 24.5 Å². The van der Waals surface area contributed by atoms with Crippen LogP contribution in [0.2, 0.25) is 5.02 Å². The molecule has 0 radical (unpaired) electrons. The van der Waals surface area contributed by atoms with Gasteiger partial charge in [-0.25, -0.2) is 0 Å². The van der Waals surface area contributed by atoms with Crippen LogP contribution in [-0.4, -0.2) is 6.04 Å². The number of halogens is 4. The molecule has 1 nitrogen and oxygen atoms in total. The lowest BCUT2D eigenvalue weighted by atomic mass is 9.89. The molecule has 1 aliphatic carbocycles. The van der Waals surface area contributed by atoms with Gasteiger partial charge in [-0.05, 0) is 37.5 Å². The monoisotopic (exact) mass is 263 g/mol. The van der Waals surface area contributed by atoms with Gasteiger partial charge in [-0.1, -0.05) is 17.7 Å². The van der Waals surface area contributed by atoms with E-state index in [0.29, 0.717) is 0 Å². The van der Waals surface area contributed by atoms with Gasteiger partial charge in [-0.15, -0.1) is 0 Å². The first-order valence-corrected chi connectivity index (χ1v) is 5.78. The molecule has 1 unspecified atom stereocenters. The molecule has 0 aliphatic heterocycles. The summed E-state index contributed by atoms with van der Waals surface area (Å²) in [5.41, 5.74) is 5.72. The molecule has 0 spiro atoms. The number of nitrogens with two attached hydrogens (primary N) is 1. The second kappa shape index (κ2) is 3.89. The normalized spacial score (nSPS) is 20.1. The molecular formula is C12H13ClF3N. The highest BCUT2D eigenvalue weighted by molar-refractivity contribution is 6.31. The average Bonchev–Trinajstić information content (AvgIpc) is 2.95. The standard InChI is InChI=1S/C12H13ClF3N/c1-7(17)11(4-5-11)8-2-3-9(10(13)6-8)12(14,15)16/h2-3,6-7H,4-5,17H2,1H3. The van der Waals surface area contributed by atoms with Gasteiger partial charge >= 0.3 is 6.18 Å². The zero-order valence-corrected chi connectivity index (χ0v) is 10.1. The molecule has 0 aromatic heterocycles. The predicted molar refractivity (Wildman–Crippen MR) is 61.0 cm³/mol. The molecule has 2 N–H and O–H groups in total. The van der Waals surface area contributed by atoms with Crippen LogP contribution in [0.3, 0.4) is 0 Å². The van der Waals surface area contributed by atoms with E-state index < -0.39 is 11.7 Å². The van der Waals surface area contributed by atoms with Gasteiger partial charge in [0.1, 0.15) is 0 Å². The van der Waals surface area contributed by atoms with E-state index in [1.807, 2.05) is 6.92 Å². The topological polar surface area (TPSA) is 26.0 Å². The zero-order valence-electron chi connectivity index (χ0n) is 9.31. The van der Waals surface area contributed by atoms with Crippen LogP contribution >= 0.6 is 11.6 Å². The summed E-state index contributed by atoms with van der Waals surface area (Å²) < 4.78 is 37.6. The molecule has 1 aromatic rings. The molecule has 1 atom stereocenters. The van der Waals surface area contributed by atoms with Crippen molar-refractivity contribution in [2.24, 2.45) is 5.73 Å². The molecule has 17 heavy (non-hydrogen) atoms. The Bertz CT molecular complexity index is 436. The fraction of sp³-hybridized carbons (Fsp3) is 0.500. The summed E-state index contributed by atoms with van der Waals surface area (Å²) in [7, 11) is 0. The molecule has 0 saturated heterocycles. The van der Waals surface area contributed by atoms with Crippen molar-refractivity contribution in [1.82, 2.24) is 0 Å². The average molecular weight is 264 g/mol. The largest absolute Gasteiger partial charge is 0.417 e. The van der Waals surface area contributed by atoms with Crippen molar-refractivity contribution in [3.63, 3.8) is 0 Å². The molecule has 1 aromatic carbocycles. The summed E-state index contributed by atoms with van der Waals surface area (Å²) in [5, 5.41) is -0.248. The third kappa shape index (κ3) is 2.16. The van der Waals surface area contributed by atoms with Gasteiger partial charge in [0, 0.05) is 11.5 Å². The highest BCUT2D eigenvalue weighted by Gasteiger charge is 2.48. The summed E-state index contributed by atoms with van der Waals surface area (Å²) in [6.07, 6.45) is -2.58. The van der Waals surface area contributed by atoms with Crippen molar-refractivity contribution in [1.29, 1.82) is 0 Å². The molecule has 1 fully saturated rings. The molecule has 0 heterocycles. The highest BCUT2D eigenvalue weighted by Crippen LogP contribution is 2.51. The smallest absolute Gasteiger partial charge is 0.327 e. The van der Waals surface area contributed by atoms with Gasteiger partial charge in [0.15, 0.2) is 0 Å². The lowest BCUT2D eigenvalue weighted by Crippen LogP contribution is -2.31. The Morgan fingerprint density at radius 3 is 2.29 bits per heavy atom. The predicted octanol–water partition coefficient (Wildman–Crippen LogP) is 3.74. The minimum absolute atomic E-state index is 0.0738. The van der Waals surface area contributed by atoms with E-state index in [-0.39, 0.29) is 16.5 Å². The van der Waals surface area contributed by atoms with E-state index in [1.165, 1.54) is 12.1 Å². The highest BCUT2D eigenvalue weighted by atomic mass is 35.5. The van der Waals surface area contributed by atoms with E-state index in [4.69, 9.17) is 17.3 Å². The van der Waals surface area contributed by atoms with Crippen LogP contribution in [0.5, 0.6) is 0 Å². The lowest BCUT2D eigenvalue weighted by molar-refractivity contribution is -0.137. The van der Waals surface area contributed by atoms with Crippen molar-refractivity contribution in [3.8, 4) is 0 Å². The molecule has 0 bridgehead atoms. The van der Waals surface area contributed by atoms with Crippen LogP contribution in [0.1, 0.15) is 30.9 Å². The van der Waals surface area contributed by atoms with Crippen LogP contribution in [0, 0.1) is 0 Å². The first-order chi connectivity index (χ1) is 7.77.